The highest BCUT2D eigenvalue weighted by Crippen LogP contribution is 2.46. The quantitative estimate of drug-likeness (QED) is 0.478. The van der Waals surface area contributed by atoms with Crippen LogP contribution in [0.5, 0.6) is 17.2 Å². The van der Waals surface area contributed by atoms with Gasteiger partial charge < -0.3 is 19.2 Å². The number of rotatable bonds is 5. The molecule has 1 heterocycles. The zero-order chi connectivity index (χ0) is 20.8. The number of fused-ring (bicyclic) bond motifs is 3. The van der Waals surface area contributed by atoms with E-state index in [1.165, 1.54) is 6.07 Å². The summed E-state index contributed by atoms with van der Waals surface area (Å²) in [5.41, 5.74) is 3.32. The van der Waals surface area contributed by atoms with Crippen molar-refractivity contribution in [1.29, 1.82) is 0 Å². The summed E-state index contributed by atoms with van der Waals surface area (Å²) in [4.78, 5) is 3.38. The highest BCUT2D eigenvalue weighted by Gasteiger charge is 2.20. The summed E-state index contributed by atoms with van der Waals surface area (Å²) in [7, 11) is 0.851. The average Bonchev–Trinajstić information content (AvgIpc) is 3.09. The van der Waals surface area contributed by atoms with Crippen LogP contribution < -0.4 is 19.3 Å². The minimum atomic E-state index is -3.83. The number of sulfonamides is 1. The lowest BCUT2D eigenvalue weighted by Crippen LogP contribution is -2.11. The van der Waals surface area contributed by atoms with Crippen LogP contribution in [0, 0.1) is 0 Å². The van der Waals surface area contributed by atoms with E-state index in [9.17, 15) is 8.42 Å². The number of H-pyrrole nitrogens is 1. The molecule has 0 radical (unpaired) electrons. The SMILES string of the molecule is COc1ccc(-c2cccc3[nH]c4ccc(S(N)(=O)=O)cc4c23)c(OC)c1OC.Cl. The van der Waals surface area contributed by atoms with Gasteiger partial charge in [0.1, 0.15) is 0 Å². The number of methoxy groups -OCH3 is 3. The minimum absolute atomic E-state index is 0. The first-order chi connectivity index (χ1) is 13.9. The van der Waals surface area contributed by atoms with Crippen molar-refractivity contribution in [2.45, 2.75) is 4.90 Å². The van der Waals surface area contributed by atoms with Gasteiger partial charge >= 0.3 is 0 Å². The predicted octanol–water partition coefficient (Wildman–Crippen LogP) is 4.08. The van der Waals surface area contributed by atoms with E-state index in [4.69, 9.17) is 19.3 Å². The van der Waals surface area contributed by atoms with Crippen LogP contribution in [0.4, 0.5) is 0 Å². The average molecular weight is 449 g/mol. The second-order valence-corrected chi connectivity index (χ2v) is 8.05. The Labute approximate surface area is 180 Å². The van der Waals surface area contributed by atoms with Crippen molar-refractivity contribution in [2.75, 3.05) is 21.3 Å². The summed E-state index contributed by atoms with van der Waals surface area (Å²) in [6.45, 7) is 0. The fourth-order valence-corrected chi connectivity index (χ4v) is 4.19. The summed E-state index contributed by atoms with van der Waals surface area (Å²) < 4.78 is 40.3. The number of halogens is 1. The third kappa shape index (κ3) is 3.43. The lowest BCUT2D eigenvalue weighted by Gasteiger charge is -2.16. The van der Waals surface area contributed by atoms with Crippen LogP contribution in [0.2, 0.25) is 0 Å². The van der Waals surface area contributed by atoms with Gasteiger partial charge in [0.05, 0.1) is 26.2 Å². The lowest BCUT2D eigenvalue weighted by atomic mass is 9.98. The number of nitrogens with two attached hydrogens (primary N) is 1. The fourth-order valence-electron chi connectivity index (χ4n) is 3.65. The van der Waals surface area contributed by atoms with Gasteiger partial charge in [-0.1, -0.05) is 12.1 Å². The van der Waals surface area contributed by atoms with Crippen LogP contribution in [-0.4, -0.2) is 34.7 Å². The molecule has 158 valence electrons. The number of aromatic amines is 1. The van der Waals surface area contributed by atoms with Crippen LogP contribution in [0.15, 0.2) is 53.4 Å². The molecule has 0 saturated carbocycles. The van der Waals surface area contributed by atoms with E-state index in [0.717, 1.165) is 32.9 Å². The van der Waals surface area contributed by atoms with Crippen LogP contribution >= 0.6 is 12.4 Å². The van der Waals surface area contributed by atoms with Gasteiger partial charge in [0, 0.05) is 27.4 Å². The van der Waals surface area contributed by atoms with E-state index in [2.05, 4.69) is 4.98 Å². The van der Waals surface area contributed by atoms with Crippen molar-refractivity contribution in [2.24, 2.45) is 5.14 Å². The maximum atomic E-state index is 11.9. The van der Waals surface area contributed by atoms with Crippen LogP contribution in [0.25, 0.3) is 32.9 Å². The molecular weight excluding hydrogens is 428 g/mol. The molecule has 0 spiro atoms. The van der Waals surface area contributed by atoms with Gasteiger partial charge in [-0.3, -0.25) is 0 Å². The van der Waals surface area contributed by atoms with Crippen molar-refractivity contribution in [3.05, 3.63) is 48.5 Å². The maximum Gasteiger partial charge on any atom is 0.238 e. The number of nitrogens with one attached hydrogen (secondary N) is 1. The van der Waals surface area contributed by atoms with Crippen molar-refractivity contribution in [3.8, 4) is 28.4 Å². The first-order valence-electron chi connectivity index (χ1n) is 8.75. The fraction of sp³-hybridized carbons (Fsp3) is 0.143. The lowest BCUT2D eigenvalue weighted by molar-refractivity contribution is 0.325. The monoisotopic (exact) mass is 448 g/mol. The Morgan fingerprint density at radius 1 is 0.833 bits per heavy atom. The molecular formula is C21H21ClN2O5S. The number of aromatic nitrogens is 1. The minimum Gasteiger partial charge on any atom is -0.493 e. The van der Waals surface area contributed by atoms with Crippen LogP contribution in [0.1, 0.15) is 0 Å². The molecule has 0 unspecified atom stereocenters. The first kappa shape index (κ1) is 21.8. The molecule has 30 heavy (non-hydrogen) atoms. The van der Waals surface area contributed by atoms with Crippen molar-refractivity contribution >= 4 is 44.2 Å². The van der Waals surface area contributed by atoms with Gasteiger partial charge in [-0.15, -0.1) is 12.4 Å². The topological polar surface area (TPSA) is 104 Å². The van der Waals surface area contributed by atoms with Gasteiger partial charge in [0.2, 0.25) is 15.8 Å². The summed E-state index contributed by atoms with van der Waals surface area (Å²) in [5, 5.41) is 6.95. The van der Waals surface area contributed by atoms with Gasteiger partial charge in [0.25, 0.3) is 0 Å². The Kier molecular flexibility index (Phi) is 5.85. The molecule has 0 atom stereocenters. The summed E-state index contributed by atoms with van der Waals surface area (Å²) in [6, 6.07) is 14.3. The largest absolute Gasteiger partial charge is 0.493 e. The Balaban J connectivity index is 0.00000256. The van der Waals surface area contributed by atoms with Crippen molar-refractivity contribution in [1.82, 2.24) is 4.98 Å². The molecule has 1 aromatic heterocycles. The molecule has 4 aromatic rings. The number of primary sulfonamides is 1. The Morgan fingerprint density at radius 2 is 1.57 bits per heavy atom. The zero-order valence-electron chi connectivity index (χ0n) is 16.6. The van der Waals surface area contributed by atoms with E-state index in [1.54, 1.807) is 39.5 Å². The van der Waals surface area contributed by atoms with Gasteiger partial charge in [-0.25, -0.2) is 13.6 Å². The van der Waals surface area contributed by atoms with Gasteiger partial charge in [0.15, 0.2) is 11.5 Å². The highest BCUT2D eigenvalue weighted by molar-refractivity contribution is 7.89. The second-order valence-electron chi connectivity index (χ2n) is 6.49. The predicted molar refractivity (Wildman–Crippen MR) is 120 cm³/mol. The molecule has 9 heteroatoms. The Morgan fingerprint density at radius 3 is 2.20 bits per heavy atom. The number of hydrogen-bond acceptors (Lipinski definition) is 5. The molecule has 0 fully saturated rings. The third-order valence-electron chi connectivity index (χ3n) is 4.92. The number of ether oxygens (including phenoxy) is 3. The summed E-state index contributed by atoms with van der Waals surface area (Å²) in [5.74, 6) is 1.56. The van der Waals surface area contributed by atoms with Gasteiger partial charge in [-0.05, 0) is 42.0 Å². The smallest absolute Gasteiger partial charge is 0.238 e. The van der Waals surface area contributed by atoms with E-state index < -0.39 is 10.0 Å². The summed E-state index contributed by atoms with van der Waals surface area (Å²) >= 11 is 0. The molecule has 0 aliphatic carbocycles. The van der Waals surface area contributed by atoms with E-state index in [0.29, 0.717) is 17.2 Å². The molecule has 0 bridgehead atoms. The van der Waals surface area contributed by atoms with E-state index in [1.807, 2.05) is 24.3 Å². The number of hydrogen-bond donors (Lipinski definition) is 2. The molecule has 0 saturated heterocycles. The first-order valence-corrected chi connectivity index (χ1v) is 10.3. The molecule has 3 aromatic carbocycles. The normalized spacial score (nSPS) is 11.3. The highest BCUT2D eigenvalue weighted by atomic mass is 35.5. The maximum absolute atomic E-state index is 11.9. The standard InChI is InChI=1S/C21H20N2O5S.ClH/c1-26-18-10-8-14(20(27-2)21(18)28-3)13-5-4-6-17-19(13)15-11-12(29(22,24)25)7-9-16(15)23-17;/h4-11,23H,1-3H3,(H2,22,24,25);1H. The van der Waals surface area contributed by atoms with E-state index in [-0.39, 0.29) is 17.3 Å². The van der Waals surface area contributed by atoms with E-state index >= 15 is 0 Å². The second kappa shape index (κ2) is 8.06. The third-order valence-corrected chi connectivity index (χ3v) is 5.83. The molecule has 0 aliphatic rings. The zero-order valence-corrected chi connectivity index (χ0v) is 18.2. The molecule has 0 aliphatic heterocycles. The Hall–Kier alpha value is -2.94. The molecule has 0 amide bonds. The van der Waals surface area contributed by atoms with Gasteiger partial charge in [-0.2, -0.15) is 0 Å². The Bertz CT molecular complexity index is 1350. The van der Waals surface area contributed by atoms with Crippen LogP contribution in [-0.2, 0) is 10.0 Å². The van der Waals surface area contributed by atoms with Crippen molar-refractivity contribution < 1.29 is 22.6 Å². The molecule has 3 N–H and O–H groups in total. The number of benzene rings is 3. The van der Waals surface area contributed by atoms with Crippen molar-refractivity contribution in [3.63, 3.8) is 0 Å². The summed E-state index contributed by atoms with van der Waals surface area (Å²) in [6.07, 6.45) is 0. The molecule has 7 nitrogen and oxygen atoms in total. The molecule has 4 rings (SSSR count). The van der Waals surface area contributed by atoms with Crippen LogP contribution in [0.3, 0.4) is 0 Å².